The van der Waals surface area contributed by atoms with Gasteiger partial charge in [0.1, 0.15) is 24.4 Å². The molecule has 0 spiro atoms. The number of aromatic nitrogens is 1. The lowest BCUT2D eigenvalue weighted by Gasteiger charge is -2.43. The topological polar surface area (TPSA) is 63.7 Å². The summed E-state index contributed by atoms with van der Waals surface area (Å²) in [5.74, 6) is 0.473. The first kappa shape index (κ1) is 18.3. The van der Waals surface area contributed by atoms with E-state index in [-0.39, 0.29) is 12.5 Å². The lowest BCUT2D eigenvalue weighted by molar-refractivity contribution is -0.161. The summed E-state index contributed by atoms with van der Waals surface area (Å²) in [5.41, 5.74) is 6.03. The molecule has 1 fully saturated rings. The van der Waals surface area contributed by atoms with Crippen LogP contribution in [0.1, 0.15) is 25.1 Å². The summed E-state index contributed by atoms with van der Waals surface area (Å²) < 4.78 is 11.7. The Morgan fingerprint density at radius 2 is 1.96 bits per heavy atom. The standard InChI is InChI=1S/C22H23N3O3/c1-15-11-12-16-8-6-10-19(21(16)24-15)27-14-17-7-4-5-9-18(17)25-22(2,3)28-20(26)13-23-25/h4-12,23H,13-14H2,1-3H3. The van der Waals surface area contributed by atoms with E-state index in [9.17, 15) is 4.79 Å². The number of pyridine rings is 1. The zero-order valence-electron chi connectivity index (χ0n) is 16.2. The molecule has 144 valence electrons. The van der Waals surface area contributed by atoms with Gasteiger partial charge in [0.25, 0.3) is 0 Å². The monoisotopic (exact) mass is 377 g/mol. The lowest BCUT2D eigenvalue weighted by Crippen LogP contribution is -2.61. The van der Waals surface area contributed by atoms with Crippen molar-refractivity contribution in [1.82, 2.24) is 10.4 Å². The smallest absolute Gasteiger partial charge is 0.323 e. The molecule has 1 aromatic heterocycles. The Balaban J connectivity index is 1.62. The van der Waals surface area contributed by atoms with Crippen molar-refractivity contribution in [3.05, 3.63) is 65.9 Å². The zero-order valence-corrected chi connectivity index (χ0v) is 16.2. The third kappa shape index (κ3) is 3.51. The maximum absolute atomic E-state index is 11.7. The molecule has 2 heterocycles. The molecule has 1 N–H and O–H groups in total. The predicted molar refractivity (Wildman–Crippen MR) is 108 cm³/mol. The number of nitrogens with one attached hydrogen (secondary N) is 1. The number of fused-ring (bicyclic) bond motifs is 1. The molecule has 6 heteroatoms. The van der Waals surface area contributed by atoms with Crippen molar-refractivity contribution in [1.29, 1.82) is 0 Å². The second-order valence-corrected chi connectivity index (χ2v) is 7.29. The number of carbonyl (C=O) groups excluding carboxylic acids is 1. The Kier molecular flexibility index (Phi) is 4.65. The molecule has 0 atom stereocenters. The quantitative estimate of drug-likeness (QED) is 0.699. The number of para-hydroxylation sites is 2. The average Bonchev–Trinajstić information content (AvgIpc) is 2.66. The first-order valence-electron chi connectivity index (χ1n) is 9.27. The van der Waals surface area contributed by atoms with Crippen LogP contribution in [0.5, 0.6) is 5.75 Å². The van der Waals surface area contributed by atoms with Crippen LogP contribution in [0.15, 0.2) is 54.6 Å². The van der Waals surface area contributed by atoms with E-state index in [4.69, 9.17) is 9.47 Å². The maximum atomic E-state index is 11.7. The molecule has 1 aliphatic rings. The van der Waals surface area contributed by atoms with Gasteiger partial charge >= 0.3 is 5.97 Å². The number of benzene rings is 2. The molecule has 0 aliphatic carbocycles. The number of ether oxygens (including phenoxy) is 2. The largest absolute Gasteiger partial charge is 0.487 e. The van der Waals surface area contributed by atoms with Crippen LogP contribution in [0.25, 0.3) is 10.9 Å². The fraction of sp³-hybridized carbons (Fsp3) is 0.273. The van der Waals surface area contributed by atoms with Crippen LogP contribution in [0, 0.1) is 6.92 Å². The second-order valence-electron chi connectivity index (χ2n) is 7.29. The zero-order chi connectivity index (χ0) is 19.7. The van der Waals surface area contributed by atoms with Gasteiger partial charge in [-0.1, -0.05) is 36.4 Å². The van der Waals surface area contributed by atoms with E-state index in [1.54, 1.807) is 0 Å². The second kappa shape index (κ2) is 7.13. The van der Waals surface area contributed by atoms with Gasteiger partial charge in [0.2, 0.25) is 0 Å². The molecule has 1 aliphatic heterocycles. The fourth-order valence-electron chi connectivity index (χ4n) is 3.41. The van der Waals surface area contributed by atoms with Crippen LogP contribution >= 0.6 is 0 Å². The van der Waals surface area contributed by atoms with E-state index in [2.05, 4.69) is 10.4 Å². The summed E-state index contributed by atoms with van der Waals surface area (Å²) >= 11 is 0. The van der Waals surface area contributed by atoms with Gasteiger partial charge in [0.05, 0.1) is 5.69 Å². The minimum atomic E-state index is -0.802. The Morgan fingerprint density at radius 3 is 2.79 bits per heavy atom. The van der Waals surface area contributed by atoms with E-state index in [1.807, 2.05) is 80.4 Å². The molecular formula is C22H23N3O3. The summed E-state index contributed by atoms with van der Waals surface area (Å²) in [7, 11) is 0. The Hall–Kier alpha value is -3.12. The van der Waals surface area contributed by atoms with Crippen LogP contribution in [0.3, 0.4) is 0 Å². The molecule has 0 saturated carbocycles. The van der Waals surface area contributed by atoms with Crippen molar-refractivity contribution in [3.63, 3.8) is 0 Å². The molecule has 0 radical (unpaired) electrons. The number of hydrogen-bond acceptors (Lipinski definition) is 6. The van der Waals surface area contributed by atoms with Gasteiger partial charge < -0.3 is 9.47 Å². The highest BCUT2D eigenvalue weighted by atomic mass is 16.6. The number of rotatable bonds is 4. The summed E-state index contributed by atoms with van der Waals surface area (Å²) in [6, 6.07) is 17.9. The molecule has 0 unspecified atom stereocenters. The van der Waals surface area contributed by atoms with Gasteiger partial charge in [-0.15, -0.1) is 0 Å². The fourth-order valence-corrected chi connectivity index (χ4v) is 3.41. The summed E-state index contributed by atoms with van der Waals surface area (Å²) in [6.45, 7) is 6.17. The van der Waals surface area contributed by atoms with Gasteiger partial charge in [-0.05, 0) is 39.0 Å². The van der Waals surface area contributed by atoms with Gasteiger partial charge in [0, 0.05) is 16.6 Å². The van der Waals surface area contributed by atoms with Gasteiger partial charge in [-0.3, -0.25) is 9.80 Å². The molecular weight excluding hydrogens is 354 g/mol. The van der Waals surface area contributed by atoms with Crippen molar-refractivity contribution in [3.8, 4) is 5.75 Å². The molecule has 0 bridgehead atoms. The van der Waals surface area contributed by atoms with Crippen LogP contribution in [0.2, 0.25) is 0 Å². The minimum absolute atomic E-state index is 0.130. The highest BCUT2D eigenvalue weighted by Crippen LogP contribution is 2.30. The van der Waals surface area contributed by atoms with Crippen LogP contribution in [-0.2, 0) is 16.1 Å². The van der Waals surface area contributed by atoms with Crippen LogP contribution < -0.4 is 15.2 Å². The molecule has 2 aromatic carbocycles. The van der Waals surface area contributed by atoms with E-state index in [0.29, 0.717) is 6.61 Å². The number of esters is 1. The number of cyclic esters (lactones) is 1. The highest BCUT2D eigenvalue weighted by molar-refractivity contribution is 5.84. The van der Waals surface area contributed by atoms with Crippen molar-refractivity contribution >= 4 is 22.6 Å². The molecule has 1 saturated heterocycles. The lowest BCUT2D eigenvalue weighted by atomic mass is 10.1. The first-order valence-corrected chi connectivity index (χ1v) is 9.27. The number of anilines is 1. The summed E-state index contributed by atoms with van der Waals surface area (Å²) in [4.78, 5) is 16.3. The molecule has 3 aromatic rings. The van der Waals surface area contributed by atoms with Gasteiger partial charge in [0.15, 0.2) is 5.72 Å². The Morgan fingerprint density at radius 1 is 1.14 bits per heavy atom. The average molecular weight is 377 g/mol. The SMILES string of the molecule is Cc1ccc2cccc(OCc3ccccc3N3NCC(=O)OC3(C)C)c2n1. The minimum Gasteiger partial charge on any atom is -0.487 e. The van der Waals surface area contributed by atoms with E-state index >= 15 is 0 Å². The number of aryl methyl sites for hydroxylation is 1. The van der Waals surface area contributed by atoms with Gasteiger partial charge in [-0.2, -0.15) is 0 Å². The van der Waals surface area contributed by atoms with E-state index in [1.165, 1.54) is 0 Å². The molecule has 0 amide bonds. The first-order chi connectivity index (χ1) is 13.4. The van der Waals surface area contributed by atoms with Crippen LogP contribution in [0.4, 0.5) is 5.69 Å². The molecule has 28 heavy (non-hydrogen) atoms. The summed E-state index contributed by atoms with van der Waals surface area (Å²) in [6.07, 6.45) is 0. The van der Waals surface area contributed by atoms with Crippen LogP contribution in [-0.4, -0.2) is 23.2 Å². The maximum Gasteiger partial charge on any atom is 0.323 e. The predicted octanol–water partition coefficient (Wildman–Crippen LogP) is 3.73. The molecule has 4 rings (SSSR count). The van der Waals surface area contributed by atoms with Gasteiger partial charge in [-0.25, -0.2) is 10.4 Å². The third-order valence-corrected chi connectivity index (χ3v) is 4.72. The van der Waals surface area contributed by atoms with E-state index in [0.717, 1.165) is 33.6 Å². The number of hydrogen-bond donors (Lipinski definition) is 1. The summed E-state index contributed by atoms with van der Waals surface area (Å²) in [5, 5.41) is 2.92. The van der Waals surface area contributed by atoms with Crippen molar-refractivity contribution in [2.75, 3.05) is 11.6 Å². The normalized spacial score (nSPS) is 16.1. The highest BCUT2D eigenvalue weighted by Gasteiger charge is 2.36. The Labute approximate surface area is 164 Å². The third-order valence-electron chi connectivity index (χ3n) is 4.72. The van der Waals surface area contributed by atoms with Crippen molar-refractivity contribution in [2.24, 2.45) is 0 Å². The van der Waals surface area contributed by atoms with Crippen molar-refractivity contribution < 1.29 is 14.3 Å². The number of hydrazine groups is 1. The van der Waals surface area contributed by atoms with Crippen molar-refractivity contribution in [2.45, 2.75) is 33.1 Å². The molecule has 6 nitrogen and oxygen atoms in total. The number of nitrogens with zero attached hydrogens (tertiary/aromatic N) is 2. The Bertz CT molecular complexity index is 1030. The number of carbonyl (C=O) groups is 1. The van der Waals surface area contributed by atoms with E-state index < -0.39 is 5.72 Å².